The van der Waals surface area contributed by atoms with Crippen molar-refractivity contribution >= 4 is 226 Å². The van der Waals surface area contributed by atoms with E-state index in [0.29, 0.717) is 0 Å². The van der Waals surface area contributed by atoms with Gasteiger partial charge in [-0.15, -0.1) is 45.3 Å². The molecule has 10 heteroatoms. The van der Waals surface area contributed by atoms with Crippen molar-refractivity contribution in [2.75, 3.05) is 19.6 Å². The number of benzene rings is 18. The highest BCUT2D eigenvalue weighted by atomic mass is 79.9. The van der Waals surface area contributed by atoms with Crippen molar-refractivity contribution in [2.45, 2.75) is 0 Å². The van der Waals surface area contributed by atoms with Crippen LogP contribution in [0.1, 0.15) is 0 Å². The molecule has 4 aromatic heterocycles. The minimum absolute atomic E-state index is 0.990. The third-order valence-electron chi connectivity index (χ3n) is 22.1. The van der Waals surface area contributed by atoms with E-state index in [1.54, 1.807) is 0 Å². The normalized spacial score (nSPS) is 11.5. The lowest BCUT2D eigenvalue weighted by Crippen LogP contribution is -2.13. The van der Waals surface area contributed by atoms with Gasteiger partial charge < -0.3 is 19.6 Å². The minimum atomic E-state index is 0.990. The second-order valence-electron chi connectivity index (χ2n) is 29.5. The van der Waals surface area contributed by atoms with Gasteiger partial charge in [-0.25, -0.2) is 0 Å². The summed E-state index contributed by atoms with van der Waals surface area (Å²) >= 11 is 15.4. The first kappa shape index (κ1) is 72.7. The van der Waals surface area contributed by atoms with Gasteiger partial charge in [-0.3, -0.25) is 0 Å². The number of hydrogen-bond acceptors (Lipinski definition) is 8. The van der Waals surface area contributed by atoms with Crippen molar-refractivity contribution in [1.82, 2.24) is 0 Å². The lowest BCUT2D eigenvalue weighted by atomic mass is 10.0. The third-order valence-corrected chi connectivity index (χ3v) is 27.6. The van der Waals surface area contributed by atoms with E-state index < -0.39 is 0 Å². The zero-order valence-electron chi connectivity index (χ0n) is 63.6. The van der Waals surface area contributed by atoms with E-state index in [9.17, 15) is 0 Å². The fourth-order valence-electron chi connectivity index (χ4n) is 16.6. The van der Waals surface area contributed by atoms with Crippen molar-refractivity contribution in [3.05, 3.63) is 434 Å². The van der Waals surface area contributed by atoms with Gasteiger partial charge in [0.1, 0.15) is 0 Å². The van der Waals surface area contributed by atoms with Gasteiger partial charge in [-0.05, 0) is 226 Å². The van der Waals surface area contributed by atoms with Crippen LogP contribution < -0.4 is 19.6 Å². The van der Waals surface area contributed by atoms with Crippen LogP contribution in [0.3, 0.4) is 0 Å². The summed E-state index contributed by atoms with van der Waals surface area (Å²) < 4.78 is 12.4. The van der Waals surface area contributed by atoms with Crippen LogP contribution in [-0.2, 0) is 0 Å². The summed E-state index contributed by atoms with van der Waals surface area (Å²) in [5.74, 6) is 0. The first-order valence-electron chi connectivity index (χ1n) is 39.3. The number of nitrogens with zero attached hydrogens (tertiary/aromatic N) is 4. The van der Waals surface area contributed by atoms with Gasteiger partial charge in [0.25, 0.3) is 0 Å². The van der Waals surface area contributed by atoms with E-state index in [1.165, 1.54) is 125 Å². The zero-order valence-corrected chi connectivity index (χ0v) is 70.0. The summed E-state index contributed by atoms with van der Waals surface area (Å²) in [4.78, 5) is 9.49. The fraction of sp³-hybridized carbons (Fsp3) is 0. The van der Waals surface area contributed by atoms with Crippen LogP contribution >= 0.6 is 77.2 Å². The largest absolute Gasteiger partial charge is 0.310 e. The Morgan fingerprint density at radius 3 is 0.737 bits per heavy atom. The van der Waals surface area contributed by atoms with Crippen LogP contribution in [0.25, 0.3) is 125 Å². The summed E-state index contributed by atoms with van der Waals surface area (Å²) in [7, 11) is 0. The highest BCUT2D eigenvalue weighted by Crippen LogP contribution is 2.50. The maximum absolute atomic E-state index is 4.00. The van der Waals surface area contributed by atoms with Crippen LogP contribution in [0, 0.1) is 0 Å². The summed E-state index contributed by atoms with van der Waals surface area (Å²) in [6, 6.07) is 154. The molecule has 0 saturated carbocycles. The number of hydrogen-bond donors (Lipinski definition) is 0. The van der Waals surface area contributed by atoms with E-state index in [2.05, 4.69) is 476 Å². The second-order valence-corrected chi connectivity index (χ2v) is 35.6. The molecule has 0 bridgehead atoms. The van der Waals surface area contributed by atoms with Crippen LogP contribution in [0.2, 0.25) is 0 Å². The molecule has 4 heterocycles. The van der Waals surface area contributed by atoms with Crippen molar-refractivity contribution < 1.29 is 0 Å². The van der Waals surface area contributed by atoms with Crippen LogP contribution in [0.4, 0.5) is 68.2 Å². The quantitative estimate of drug-likeness (QED) is 0.0956. The molecule has 0 saturated heterocycles. The summed E-state index contributed by atoms with van der Waals surface area (Å²) in [5, 5.41) is 10.4. The van der Waals surface area contributed by atoms with Crippen LogP contribution in [0.5, 0.6) is 0 Å². The molecule has 0 radical (unpaired) electrons. The van der Waals surface area contributed by atoms with Gasteiger partial charge in [-0.1, -0.05) is 275 Å². The first-order chi connectivity index (χ1) is 58.2. The molecular formula is C108H70Br2N4S4. The third kappa shape index (κ3) is 14.2. The molecule has 0 spiro atoms. The van der Waals surface area contributed by atoms with Gasteiger partial charge in [0.05, 0.1) is 0 Å². The molecule has 0 unspecified atom stereocenters. The molecule has 0 amide bonds. The van der Waals surface area contributed by atoms with Crippen molar-refractivity contribution in [3.63, 3.8) is 0 Å². The Kier molecular flexibility index (Phi) is 19.4. The van der Waals surface area contributed by atoms with Gasteiger partial charge in [-0.2, -0.15) is 0 Å². The Morgan fingerprint density at radius 1 is 0.136 bits per heavy atom. The maximum Gasteiger partial charge on any atom is 0.0493 e. The van der Waals surface area contributed by atoms with Crippen molar-refractivity contribution in [1.29, 1.82) is 0 Å². The van der Waals surface area contributed by atoms with Gasteiger partial charge >= 0.3 is 0 Å². The van der Waals surface area contributed by atoms with E-state index in [1.807, 2.05) is 45.3 Å². The molecule has 118 heavy (non-hydrogen) atoms. The molecule has 0 aliphatic heterocycles. The molecule has 0 atom stereocenters. The van der Waals surface area contributed by atoms with Crippen molar-refractivity contribution in [3.8, 4) is 44.5 Å². The second kappa shape index (κ2) is 31.6. The SMILES string of the molecule is Brc1cc(N(c2ccc(-c3ccccc3)cc2)c2ccc3c(c2)sc2ccccc23)cc(N(c2ccc(-c3ccccc3)cc2)c2ccc3c(c2)sc2ccccc23)c1.Brc1cc(N(c2ccccc2)c2cccc(-c3ccc4sc5ccccc5c4c3)c2)cc(N(c2ccccc2)c2cccc(-c3ccc4sc5ccccc5c4c3)c2)c1. The molecule has 560 valence electrons. The summed E-state index contributed by atoms with van der Waals surface area (Å²) in [5.41, 5.74) is 22.4. The standard InChI is InChI=1S/2C54H35BrN2S2/c55-40-33-45(56(41-15-3-1-4-16-41)43-19-11-13-36(29-43)38-25-27-53-49(31-38)47-21-7-9-23-51(47)58-53)35-46(34-40)57(42-17-5-2-6-18-42)44-20-12-14-37(30-44)39-26-28-54-50(32-39)48-22-8-10-24-52(48)59-54;55-40-31-45(56(41-23-19-38(20-24-41)36-11-3-1-4-12-36)43-27-29-49-47-15-7-9-17-51(47)58-53(49)34-43)33-46(32-40)57(42-25-21-39(22-26-42)37-13-5-2-6-14-37)44-28-30-50-48-16-8-10-18-52(48)59-54(50)35-44/h2*1-35H. The Hall–Kier alpha value is -13.0. The van der Waals surface area contributed by atoms with E-state index >= 15 is 0 Å². The molecule has 0 aliphatic carbocycles. The highest BCUT2D eigenvalue weighted by Gasteiger charge is 2.24. The van der Waals surface area contributed by atoms with Gasteiger partial charge in [0.2, 0.25) is 0 Å². The predicted molar refractivity (Wildman–Crippen MR) is 520 cm³/mol. The Morgan fingerprint density at radius 2 is 0.373 bits per heavy atom. The fourth-order valence-corrected chi connectivity index (χ4v) is 22.0. The molecule has 0 fully saturated rings. The maximum atomic E-state index is 4.00. The van der Waals surface area contributed by atoms with E-state index in [-0.39, 0.29) is 0 Å². The van der Waals surface area contributed by atoms with Crippen LogP contribution in [0.15, 0.2) is 434 Å². The lowest BCUT2D eigenvalue weighted by Gasteiger charge is -2.30. The van der Waals surface area contributed by atoms with Gasteiger partial charge in [0, 0.05) is 158 Å². The molecule has 18 aromatic carbocycles. The monoisotopic (exact) mass is 1710 g/mol. The Labute approximate surface area is 717 Å². The van der Waals surface area contributed by atoms with E-state index in [4.69, 9.17) is 0 Å². The number of rotatable bonds is 16. The molecule has 0 N–H and O–H groups in total. The predicted octanol–water partition coefficient (Wildman–Crippen LogP) is 34.9. The zero-order chi connectivity index (χ0) is 78.6. The van der Waals surface area contributed by atoms with Crippen molar-refractivity contribution in [2.24, 2.45) is 0 Å². The van der Waals surface area contributed by atoms with E-state index in [0.717, 1.165) is 77.2 Å². The number of thiophene rings is 4. The number of anilines is 12. The van der Waals surface area contributed by atoms with Gasteiger partial charge in [0.15, 0.2) is 0 Å². The number of halogens is 2. The topological polar surface area (TPSA) is 13.0 Å². The number of para-hydroxylation sites is 2. The average Bonchev–Trinajstić information content (AvgIpc) is 1.51. The van der Waals surface area contributed by atoms with Crippen LogP contribution in [-0.4, -0.2) is 0 Å². The summed E-state index contributed by atoms with van der Waals surface area (Å²) in [6.45, 7) is 0. The average molecular weight is 1710 g/mol. The number of fused-ring (bicyclic) bond motifs is 12. The Balaban J connectivity index is 0.000000147. The molecule has 0 aliphatic rings. The molecule has 4 nitrogen and oxygen atoms in total. The summed E-state index contributed by atoms with van der Waals surface area (Å²) in [6.07, 6.45) is 0. The lowest BCUT2D eigenvalue weighted by molar-refractivity contribution is 1.24. The first-order valence-corrected chi connectivity index (χ1v) is 44.2. The molecular weight excluding hydrogens is 1640 g/mol. The molecule has 22 rings (SSSR count). The highest BCUT2D eigenvalue weighted by molar-refractivity contribution is 9.10. The molecule has 22 aromatic rings. The minimum Gasteiger partial charge on any atom is -0.310 e. The smallest absolute Gasteiger partial charge is 0.0493 e. The Bertz CT molecular complexity index is 7050.